The van der Waals surface area contributed by atoms with E-state index in [0.29, 0.717) is 12.8 Å². The van der Waals surface area contributed by atoms with Crippen LogP contribution in [-0.4, -0.2) is 10.9 Å². The quantitative estimate of drug-likeness (QED) is 0.800. The highest BCUT2D eigenvalue weighted by molar-refractivity contribution is 5.94. The molecule has 15 heavy (non-hydrogen) atoms. The molecule has 1 aliphatic rings. The van der Waals surface area contributed by atoms with E-state index in [9.17, 15) is 9.90 Å². The third kappa shape index (κ3) is 2.27. The molecule has 0 saturated heterocycles. The maximum atomic E-state index is 11.3. The topological polar surface area (TPSA) is 37.3 Å². The standard InChI is InChI=1S/C13H14O2/c14-12-8-4-7-11(13(12)15)9-10-5-2-1-3-6-10/h1-3,5-6,15H,4,7-9H2. The van der Waals surface area contributed by atoms with Crippen LogP contribution in [0.3, 0.4) is 0 Å². The molecular formula is C13H14O2. The first-order chi connectivity index (χ1) is 7.27. The fourth-order valence-corrected chi connectivity index (χ4v) is 1.91. The van der Waals surface area contributed by atoms with Gasteiger partial charge in [-0.25, -0.2) is 0 Å². The molecule has 0 radical (unpaired) electrons. The van der Waals surface area contributed by atoms with Crippen LogP contribution in [0.15, 0.2) is 41.7 Å². The Hall–Kier alpha value is -1.57. The maximum Gasteiger partial charge on any atom is 0.197 e. The van der Waals surface area contributed by atoms with Crippen molar-refractivity contribution in [3.63, 3.8) is 0 Å². The molecule has 78 valence electrons. The molecule has 0 heterocycles. The fourth-order valence-electron chi connectivity index (χ4n) is 1.91. The Labute approximate surface area is 89.2 Å². The minimum absolute atomic E-state index is 0.00473. The van der Waals surface area contributed by atoms with Gasteiger partial charge in [-0.3, -0.25) is 4.79 Å². The normalized spacial score (nSPS) is 16.9. The number of carbonyl (C=O) groups is 1. The Balaban J connectivity index is 2.18. The van der Waals surface area contributed by atoms with Crippen molar-refractivity contribution < 1.29 is 9.90 Å². The molecule has 1 aliphatic carbocycles. The summed E-state index contributed by atoms with van der Waals surface area (Å²) in [6.45, 7) is 0. The van der Waals surface area contributed by atoms with Gasteiger partial charge in [0, 0.05) is 6.42 Å². The summed E-state index contributed by atoms with van der Waals surface area (Å²) < 4.78 is 0. The van der Waals surface area contributed by atoms with Gasteiger partial charge in [0.15, 0.2) is 11.5 Å². The van der Waals surface area contributed by atoms with Crippen molar-refractivity contribution in [2.75, 3.05) is 0 Å². The van der Waals surface area contributed by atoms with Crippen molar-refractivity contribution in [1.82, 2.24) is 0 Å². The minimum Gasteiger partial charge on any atom is -0.504 e. The smallest absolute Gasteiger partial charge is 0.197 e. The molecule has 0 saturated carbocycles. The molecule has 0 unspecified atom stereocenters. The van der Waals surface area contributed by atoms with E-state index < -0.39 is 0 Å². The van der Waals surface area contributed by atoms with E-state index >= 15 is 0 Å². The number of rotatable bonds is 2. The van der Waals surface area contributed by atoms with Gasteiger partial charge in [0.25, 0.3) is 0 Å². The molecular weight excluding hydrogens is 188 g/mol. The van der Waals surface area contributed by atoms with Crippen molar-refractivity contribution in [1.29, 1.82) is 0 Å². The molecule has 0 aliphatic heterocycles. The lowest BCUT2D eigenvalue weighted by Gasteiger charge is -2.14. The van der Waals surface area contributed by atoms with Gasteiger partial charge in [-0.1, -0.05) is 30.3 Å². The summed E-state index contributed by atoms with van der Waals surface area (Å²) in [5, 5.41) is 9.63. The van der Waals surface area contributed by atoms with E-state index in [1.807, 2.05) is 30.3 Å². The summed E-state index contributed by atoms with van der Waals surface area (Å²) in [7, 11) is 0. The molecule has 0 spiro atoms. The molecule has 1 N–H and O–H groups in total. The van der Waals surface area contributed by atoms with Crippen LogP contribution in [0.5, 0.6) is 0 Å². The first kappa shape index (κ1) is 9.97. The second-order valence-electron chi connectivity index (χ2n) is 3.89. The van der Waals surface area contributed by atoms with Crippen LogP contribution in [0.4, 0.5) is 0 Å². The number of benzene rings is 1. The predicted molar refractivity (Wildman–Crippen MR) is 58.7 cm³/mol. The highest BCUT2D eigenvalue weighted by Gasteiger charge is 2.19. The number of hydrogen-bond donors (Lipinski definition) is 1. The van der Waals surface area contributed by atoms with E-state index in [4.69, 9.17) is 0 Å². The SMILES string of the molecule is O=C1CCCC(Cc2ccccc2)=C1O. The molecule has 2 heteroatoms. The summed E-state index contributed by atoms with van der Waals surface area (Å²) in [5.74, 6) is -0.0997. The second kappa shape index (κ2) is 4.30. The number of carbonyl (C=O) groups excluding carboxylic acids is 1. The van der Waals surface area contributed by atoms with E-state index in [1.54, 1.807) is 0 Å². The van der Waals surface area contributed by atoms with Gasteiger partial charge < -0.3 is 5.11 Å². The molecule has 0 amide bonds. The van der Waals surface area contributed by atoms with Crippen LogP contribution >= 0.6 is 0 Å². The minimum atomic E-state index is -0.104. The monoisotopic (exact) mass is 202 g/mol. The van der Waals surface area contributed by atoms with Crippen molar-refractivity contribution in [3.8, 4) is 0 Å². The van der Waals surface area contributed by atoms with E-state index in [1.165, 1.54) is 0 Å². The van der Waals surface area contributed by atoms with Crippen LogP contribution in [0.1, 0.15) is 24.8 Å². The highest BCUT2D eigenvalue weighted by atomic mass is 16.3. The van der Waals surface area contributed by atoms with Crippen LogP contribution in [0, 0.1) is 0 Å². The van der Waals surface area contributed by atoms with E-state index in [2.05, 4.69) is 0 Å². The number of allylic oxidation sites excluding steroid dienone is 2. The first-order valence-corrected chi connectivity index (χ1v) is 5.25. The fraction of sp³-hybridized carbons (Fsp3) is 0.308. The molecule has 1 aromatic rings. The number of aliphatic hydroxyl groups is 1. The first-order valence-electron chi connectivity index (χ1n) is 5.25. The third-order valence-electron chi connectivity index (χ3n) is 2.74. The number of Topliss-reactive ketones (excluding diaryl/α,β-unsaturated/α-hetero) is 1. The Kier molecular flexibility index (Phi) is 2.86. The zero-order chi connectivity index (χ0) is 10.7. The summed E-state index contributed by atoms with van der Waals surface area (Å²) in [4.78, 5) is 11.3. The Morgan fingerprint density at radius 1 is 1.13 bits per heavy atom. The van der Waals surface area contributed by atoms with Crippen LogP contribution in [-0.2, 0) is 11.2 Å². The Morgan fingerprint density at radius 3 is 2.60 bits per heavy atom. The molecule has 2 rings (SSSR count). The van der Waals surface area contributed by atoms with Crippen molar-refractivity contribution in [2.45, 2.75) is 25.7 Å². The number of aliphatic hydroxyl groups excluding tert-OH is 1. The van der Waals surface area contributed by atoms with Gasteiger partial charge in [-0.2, -0.15) is 0 Å². The zero-order valence-electron chi connectivity index (χ0n) is 8.57. The summed E-state index contributed by atoms with van der Waals surface area (Å²) in [6, 6.07) is 9.93. The lowest BCUT2D eigenvalue weighted by atomic mass is 9.92. The molecule has 2 nitrogen and oxygen atoms in total. The van der Waals surface area contributed by atoms with Crippen LogP contribution < -0.4 is 0 Å². The maximum absolute atomic E-state index is 11.3. The summed E-state index contributed by atoms with van der Waals surface area (Å²) in [6.07, 6.45) is 2.89. The molecule has 1 aromatic carbocycles. The predicted octanol–water partition coefficient (Wildman–Crippen LogP) is 2.79. The Bertz CT molecular complexity index is 390. The molecule has 0 fully saturated rings. The van der Waals surface area contributed by atoms with Crippen LogP contribution in [0.2, 0.25) is 0 Å². The van der Waals surface area contributed by atoms with Crippen LogP contribution in [0.25, 0.3) is 0 Å². The largest absolute Gasteiger partial charge is 0.504 e. The van der Waals surface area contributed by atoms with Gasteiger partial charge >= 0.3 is 0 Å². The number of ketones is 1. The molecule has 0 aromatic heterocycles. The highest BCUT2D eigenvalue weighted by Crippen LogP contribution is 2.23. The lowest BCUT2D eigenvalue weighted by Crippen LogP contribution is -2.12. The Morgan fingerprint density at radius 2 is 1.87 bits per heavy atom. The van der Waals surface area contributed by atoms with Crippen molar-refractivity contribution in [3.05, 3.63) is 47.2 Å². The van der Waals surface area contributed by atoms with Crippen molar-refractivity contribution >= 4 is 5.78 Å². The summed E-state index contributed by atoms with van der Waals surface area (Å²) in [5.41, 5.74) is 2.03. The van der Waals surface area contributed by atoms with Gasteiger partial charge in [0.1, 0.15) is 0 Å². The van der Waals surface area contributed by atoms with Gasteiger partial charge in [-0.05, 0) is 30.4 Å². The summed E-state index contributed by atoms with van der Waals surface area (Å²) >= 11 is 0. The molecule has 0 atom stereocenters. The third-order valence-corrected chi connectivity index (χ3v) is 2.74. The lowest BCUT2D eigenvalue weighted by molar-refractivity contribution is -0.118. The van der Waals surface area contributed by atoms with Crippen molar-refractivity contribution in [2.24, 2.45) is 0 Å². The molecule has 0 bridgehead atoms. The van der Waals surface area contributed by atoms with Gasteiger partial charge in [0.2, 0.25) is 0 Å². The van der Waals surface area contributed by atoms with E-state index in [0.717, 1.165) is 24.0 Å². The van der Waals surface area contributed by atoms with Gasteiger partial charge in [-0.15, -0.1) is 0 Å². The van der Waals surface area contributed by atoms with Gasteiger partial charge in [0.05, 0.1) is 0 Å². The average molecular weight is 202 g/mol. The zero-order valence-corrected chi connectivity index (χ0v) is 8.57. The second-order valence-corrected chi connectivity index (χ2v) is 3.89. The average Bonchev–Trinajstić information content (AvgIpc) is 2.26. The number of hydrogen-bond acceptors (Lipinski definition) is 2. The van der Waals surface area contributed by atoms with E-state index in [-0.39, 0.29) is 11.5 Å².